The Labute approximate surface area is 117 Å². The van der Waals surface area contributed by atoms with Gasteiger partial charge in [-0.3, -0.25) is 4.79 Å². The van der Waals surface area contributed by atoms with E-state index in [1.165, 1.54) is 6.26 Å². The molecule has 0 fully saturated rings. The smallest absolute Gasteiger partial charge is 0.255 e. The SMILES string of the molecule is COCCC(C)(O)CNC(=O)c1coc2ccccc12. The van der Waals surface area contributed by atoms with Crippen molar-refractivity contribution in [3.8, 4) is 0 Å². The van der Waals surface area contributed by atoms with Crippen molar-refractivity contribution in [2.45, 2.75) is 18.9 Å². The molecular formula is C15H19NO4. The van der Waals surface area contributed by atoms with Crippen LogP contribution in [0.5, 0.6) is 0 Å². The Morgan fingerprint density at radius 3 is 2.95 bits per heavy atom. The van der Waals surface area contributed by atoms with Crippen molar-refractivity contribution < 1.29 is 19.1 Å². The summed E-state index contributed by atoms with van der Waals surface area (Å²) in [5, 5.41) is 13.6. The first-order valence-corrected chi connectivity index (χ1v) is 6.49. The van der Waals surface area contributed by atoms with Gasteiger partial charge in [-0.2, -0.15) is 0 Å². The number of nitrogens with one attached hydrogen (secondary N) is 1. The lowest BCUT2D eigenvalue weighted by molar-refractivity contribution is 0.0243. The minimum absolute atomic E-state index is 0.161. The third kappa shape index (κ3) is 3.37. The number of carbonyl (C=O) groups excluding carboxylic acids is 1. The van der Waals surface area contributed by atoms with Gasteiger partial charge in [0, 0.05) is 32.1 Å². The number of hydrogen-bond acceptors (Lipinski definition) is 4. The largest absolute Gasteiger partial charge is 0.463 e. The molecule has 1 aromatic heterocycles. The number of hydrogen-bond donors (Lipinski definition) is 2. The van der Waals surface area contributed by atoms with Crippen LogP contribution in [0.1, 0.15) is 23.7 Å². The molecule has 1 heterocycles. The Bertz CT molecular complexity index is 588. The molecule has 0 saturated heterocycles. The van der Waals surface area contributed by atoms with Crippen LogP contribution in [0.3, 0.4) is 0 Å². The molecule has 0 aliphatic heterocycles. The maximum Gasteiger partial charge on any atom is 0.255 e. The summed E-state index contributed by atoms with van der Waals surface area (Å²) >= 11 is 0. The summed E-state index contributed by atoms with van der Waals surface area (Å²) in [5.41, 5.74) is 0.150. The number of para-hydroxylation sites is 1. The van der Waals surface area contributed by atoms with Gasteiger partial charge in [0.2, 0.25) is 0 Å². The van der Waals surface area contributed by atoms with E-state index in [4.69, 9.17) is 9.15 Å². The lowest BCUT2D eigenvalue weighted by Gasteiger charge is -2.23. The van der Waals surface area contributed by atoms with Crippen LogP contribution < -0.4 is 5.32 Å². The van der Waals surface area contributed by atoms with Crippen LogP contribution in [0.15, 0.2) is 34.9 Å². The summed E-state index contributed by atoms with van der Waals surface area (Å²) < 4.78 is 10.3. The predicted octanol–water partition coefficient (Wildman–Crippen LogP) is 1.95. The molecule has 1 unspecified atom stereocenters. The van der Waals surface area contributed by atoms with E-state index in [2.05, 4.69) is 5.32 Å². The van der Waals surface area contributed by atoms with E-state index in [-0.39, 0.29) is 12.5 Å². The second-order valence-electron chi connectivity index (χ2n) is 5.07. The van der Waals surface area contributed by atoms with Gasteiger partial charge in [0.05, 0.1) is 11.2 Å². The average Bonchev–Trinajstić information content (AvgIpc) is 2.87. The van der Waals surface area contributed by atoms with Gasteiger partial charge in [-0.15, -0.1) is 0 Å². The molecule has 20 heavy (non-hydrogen) atoms. The summed E-state index contributed by atoms with van der Waals surface area (Å²) in [7, 11) is 1.58. The highest BCUT2D eigenvalue weighted by Gasteiger charge is 2.22. The molecule has 2 rings (SSSR count). The van der Waals surface area contributed by atoms with E-state index < -0.39 is 5.60 Å². The predicted molar refractivity (Wildman–Crippen MR) is 75.7 cm³/mol. The number of rotatable bonds is 6. The summed E-state index contributed by atoms with van der Waals surface area (Å²) in [6.45, 7) is 2.27. The highest BCUT2D eigenvalue weighted by atomic mass is 16.5. The summed E-state index contributed by atoms with van der Waals surface area (Å²) in [6.07, 6.45) is 1.89. The third-order valence-electron chi connectivity index (χ3n) is 3.20. The van der Waals surface area contributed by atoms with Crippen molar-refractivity contribution >= 4 is 16.9 Å². The van der Waals surface area contributed by atoms with E-state index in [9.17, 15) is 9.90 Å². The fraction of sp³-hybridized carbons (Fsp3) is 0.400. The quantitative estimate of drug-likeness (QED) is 0.846. The number of furan rings is 1. The second kappa shape index (κ2) is 6.07. The monoisotopic (exact) mass is 277 g/mol. The summed E-state index contributed by atoms with van der Waals surface area (Å²) in [5.74, 6) is -0.257. The number of ether oxygens (including phenoxy) is 1. The van der Waals surface area contributed by atoms with Gasteiger partial charge < -0.3 is 19.6 Å². The highest BCUT2D eigenvalue weighted by molar-refractivity contribution is 6.05. The molecule has 0 aliphatic rings. The van der Waals surface area contributed by atoms with Crippen molar-refractivity contribution in [3.05, 3.63) is 36.1 Å². The van der Waals surface area contributed by atoms with Crippen LogP contribution in [-0.4, -0.2) is 36.9 Å². The molecule has 1 aromatic carbocycles. The first kappa shape index (κ1) is 14.6. The van der Waals surface area contributed by atoms with Crippen LogP contribution in [0.4, 0.5) is 0 Å². The van der Waals surface area contributed by atoms with Crippen molar-refractivity contribution in [3.63, 3.8) is 0 Å². The zero-order valence-corrected chi connectivity index (χ0v) is 11.7. The topological polar surface area (TPSA) is 71.7 Å². The van der Waals surface area contributed by atoms with Gasteiger partial charge in [-0.1, -0.05) is 18.2 Å². The fourth-order valence-corrected chi connectivity index (χ4v) is 1.93. The zero-order chi connectivity index (χ0) is 14.6. The molecule has 108 valence electrons. The van der Waals surface area contributed by atoms with Crippen molar-refractivity contribution in [2.24, 2.45) is 0 Å². The van der Waals surface area contributed by atoms with Crippen LogP contribution in [0.2, 0.25) is 0 Å². The Hall–Kier alpha value is -1.85. The minimum Gasteiger partial charge on any atom is -0.463 e. The van der Waals surface area contributed by atoms with Crippen LogP contribution in [-0.2, 0) is 4.74 Å². The maximum atomic E-state index is 12.1. The number of methoxy groups -OCH3 is 1. The Morgan fingerprint density at radius 2 is 2.20 bits per heavy atom. The first-order chi connectivity index (χ1) is 9.53. The zero-order valence-electron chi connectivity index (χ0n) is 11.7. The number of amides is 1. The normalized spacial score (nSPS) is 14.2. The van der Waals surface area contributed by atoms with Crippen LogP contribution >= 0.6 is 0 Å². The van der Waals surface area contributed by atoms with Crippen molar-refractivity contribution in [2.75, 3.05) is 20.3 Å². The number of benzene rings is 1. The number of carbonyl (C=O) groups is 1. The summed E-state index contributed by atoms with van der Waals surface area (Å²) in [6, 6.07) is 7.34. The van der Waals surface area contributed by atoms with E-state index >= 15 is 0 Å². The second-order valence-corrected chi connectivity index (χ2v) is 5.07. The van der Waals surface area contributed by atoms with Gasteiger partial charge >= 0.3 is 0 Å². The van der Waals surface area contributed by atoms with Gasteiger partial charge in [0.1, 0.15) is 11.8 Å². The standard InChI is InChI=1S/C15H19NO4/c1-15(18,7-8-19-2)10-16-14(17)12-9-20-13-6-4-3-5-11(12)13/h3-6,9,18H,7-8,10H2,1-2H3,(H,16,17). The van der Waals surface area contributed by atoms with Crippen LogP contribution in [0, 0.1) is 0 Å². The Kier molecular flexibility index (Phi) is 4.42. The van der Waals surface area contributed by atoms with Crippen molar-refractivity contribution in [1.29, 1.82) is 0 Å². The van der Waals surface area contributed by atoms with E-state index in [0.29, 0.717) is 24.2 Å². The van der Waals surface area contributed by atoms with Gasteiger partial charge in [0.15, 0.2) is 0 Å². The number of fused-ring (bicyclic) bond motifs is 1. The molecule has 2 N–H and O–H groups in total. The maximum absolute atomic E-state index is 12.1. The first-order valence-electron chi connectivity index (χ1n) is 6.49. The fourth-order valence-electron chi connectivity index (χ4n) is 1.93. The molecule has 1 atom stereocenters. The van der Waals surface area contributed by atoms with Crippen LogP contribution in [0.25, 0.3) is 11.0 Å². The van der Waals surface area contributed by atoms with E-state index in [1.54, 1.807) is 20.1 Å². The molecule has 0 saturated carbocycles. The van der Waals surface area contributed by atoms with Gasteiger partial charge in [0.25, 0.3) is 5.91 Å². The lowest BCUT2D eigenvalue weighted by atomic mass is 10.0. The molecule has 0 radical (unpaired) electrons. The molecule has 0 bridgehead atoms. The molecule has 1 amide bonds. The lowest BCUT2D eigenvalue weighted by Crippen LogP contribution is -2.41. The number of aliphatic hydroxyl groups is 1. The van der Waals surface area contributed by atoms with E-state index in [1.807, 2.05) is 18.2 Å². The molecule has 2 aromatic rings. The third-order valence-corrected chi connectivity index (χ3v) is 3.20. The molecular weight excluding hydrogens is 258 g/mol. The summed E-state index contributed by atoms with van der Waals surface area (Å²) in [4.78, 5) is 12.1. The Morgan fingerprint density at radius 1 is 1.45 bits per heavy atom. The minimum atomic E-state index is -0.995. The molecule has 5 heteroatoms. The highest BCUT2D eigenvalue weighted by Crippen LogP contribution is 2.20. The Balaban J connectivity index is 2.02. The molecule has 5 nitrogen and oxygen atoms in total. The average molecular weight is 277 g/mol. The molecule has 0 aliphatic carbocycles. The van der Waals surface area contributed by atoms with Gasteiger partial charge in [-0.05, 0) is 13.0 Å². The van der Waals surface area contributed by atoms with Gasteiger partial charge in [-0.25, -0.2) is 0 Å². The van der Waals surface area contributed by atoms with Crippen molar-refractivity contribution in [1.82, 2.24) is 5.32 Å². The molecule has 0 spiro atoms. The van der Waals surface area contributed by atoms with E-state index in [0.717, 1.165) is 5.39 Å².